The lowest BCUT2D eigenvalue weighted by molar-refractivity contribution is 0.493. The van der Waals surface area contributed by atoms with Crippen LogP contribution in [0.25, 0.3) is 11.5 Å². The maximum Gasteiger partial charge on any atom is 0.247 e. The number of hydrogen-bond acceptors (Lipinski definition) is 4. The van der Waals surface area contributed by atoms with Gasteiger partial charge in [-0.15, -0.1) is 10.2 Å². The second-order valence-corrected chi connectivity index (χ2v) is 6.60. The van der Waals surface area contributed by atoms with E-state index in [0.717, 1.165) is 24.9 Å². The Hall–Kier alpha value is -2.33. The van der Waals surface area contributed by atoms with Crippen LogP contribution in [0.15, 0.2) is 46.9 Å². The summed E-state index contributed by atoms with van der Waals surface area (Å²) in [6, 6.07) is 14.0. The monoisotopic (exact) mass is 339 g/mol. The molecule has 4 rings (SSSR count). The first-order valence-electron chi connectivity index (χ1n) is 8.12. The number of hydrogen-bond donors (Lipinski definition) is 0. The molecule has 0 amide bonds. The Kier molecular flexibility index (Phi) is 3.98. The van der Waals surface area contributed by atoms with Gasteiger partial charge in [-0.1, -0.05) is 29.3 Å². The van der Waals surface area contributed by atoms with Gasteiger partial charge >= 0.3 is 0 Å². The zero-order chi connectivity index (χ0) is 16.5. The molecule has 4 nitrogen and oxygen atoms in total. The van der Waals surface area contributed by atoms with E-state index in [1.807, 2.05) is 24.3 Å². The average molecular weight is 340 g/mol. The molecular formula is C19H18ClN3O. The van der Waals surface area contributed by atoms with Crippen LogP contribution in [-0.4, -0.2) is 16.7 Å². The van der Waals surface area contributed by atoms with Crippen molar-refractivity contribution in [2.75, 3.05) is 11.4 Å². The third-order valence-corrected chi connectivity index (χ3v) is 4.59. The van der Waals surface area contributed by atoms with E-state index < -0.39 is 0 Å². The van der Waals surface area contributed by atoms with Crippen LogP contribution < -0.4 is 4.90 Å². The molecule has 0 N–H and O–H groups in total. The van der Waals surface area contributed by atoms with E-state index in [9.17, 15) is 0 Å². The molecule has 1 aliphatic heterocycles. The number of aromatic nitrogens is 2. The van der Waals surface area contributed by atoms with Crippen LogP contribution in [0, 0.1) is 6.92 Å². The van der Waals surface area contributed by atoms with Crippen molar-refractivity contribution in [2.24, 2.45) is 0 Å². The van der Waals surface area contributed by atoms with Gasteiger partial charge in [-0.25, -0.2) is 0 Å². The first-order chi connectivity index (χ1) is 11.7. The van der Waals surface area contributed by atoms with Crippen LogP contribution >= 0.6 is 11.6 Å². The number of aryl methyl sites for hydroxylation is 2. The van der Waals surface area contributed by atoms with Crippen molar-refractivity contribution in [3.05, 3.63) is 64.5 Å². The molecule has 5 heteroatoms. The van der Waals surface area contributed by atoms with E-state index in [-0.39, 0.29) is 0 Å². The highest BCUT2D eigenvalue weighted by atomic mass is 35.5. The van der Waals surface area contributed by atoms with E-state index in [4.69, 9.17) is 16.0 Å². The molecule has 2 aromatic carbocycles. The van der Waals surface area contributed by atoms with Crippen molar-refractivity contribution in [3.8, 4) is 11.5 Å². The summed E-state index contributed by atoms with van der Waals surface area (Å²) in [6.07, 6.45) is 2.28. The van der Waals surface area contributed by atoms with Crippen LogP contribution in [0.4, 0.5) is 5.69 Å². The first-order valence-corrected chi connectivity index (χ1v) is 8.49. The lowest BCUT2D eigenvalue weighted by atomic mass is 10.00. The lowest BCUT2D eigenvalue weighted by Crippen LogP contribution is -2.29. The highest BCUT2D eigenvalue weighted by Gasteiger charge is 2.19. The Balaban J connectivity index is 1.56. The molecule has 0 fully saturated rings. The van der Waals surface area contributed by atoms with Crippen LogP contribution in [0.5, 0.6) is 0 Å². The van der Waals surface area contributed by atoms with Crippen molar-refractivity contribution >= 4 is 17.3 Å². The third kappa shape index (κ3) is 3.02. The Bertz CT molecular complexity index is 857. The predicted octanol–water partition coefficient (Wildman–Crippen LogP) is 4.65. The van der Waals surface area contributed by atoms with E-state index >= 15 is 0 Å². The van der Waals surface area contributed by atoms with Gasteiger partial charge in [0, 0.05) is 22.8 Å². The second kappa shape index (κ2) is 6.29. The van der Waals surface area contributed by atoms with Crippen molar-refractivity contribution in [1.82, 2.24) is 10.2 Å². The molecular weight excluding hydrogens is 322 g/mol. The van der Waals surface area contributed by atoms with Crippen LogP contribution in [0.1, 0.15) is 23.4 Å². The summed E-state index contributed by atoms with van der Waals surface area (Å²) >= 11 is 5.92. The van der Waals surface area contributed by atoms with Crippen LogP contribution in [0.2, 0.25) is 5.02 Å². The summed E-state index contributed by atoms with van der Waals surface area (Å²) in [7, 11) is 0. The topological polar surface area (TPSA) is 42.2 Å². The van der Waals surface area contributed by atoms with E-state index in [0.29, 0.717) is 23.3 Å². The van der Waals surface area contributed by atoms with Gasteiger partial charge in [0.2, 0.25) is 11.8 Å². The smallest absolute Gasteiger partial charge is 0.247 e. The summed E-state index contributed by atoms with van der Waals surface area (Å²) < 4.78 is 5.84. The Labute approximate surface area is 146 Å². The molecule has 1 aliphatic rings. The summed E-state index contributed by atoms with van der Waals surface area (Å²) in [5, 5.41) is 9.07. The fourth-order valence-electron chi connectivity index (χ4n) is 3.16. The number of fused-ring (bicyclic) bond motifs is 1. The number of rotatable bonds is 3. The van der Waals surface area contributed by atoms with Gasteiger partial charge < -0.3 is 9.32 Å². The third-order valence-electron chi connectivity index (χ3n) is 4.33. The molecule has 2 heterocycles. The Morgan fingerprint density at radius 2 is 1.96 bits per heavy atom. The quantitative estimate of drug-likeness (QED) is 0.696. The highest BCUT2D eigenvalue weighted by molar-refractivity contribution is 6.30. The van der Waals surface area contributed by atoms with Gasteiger partial charge in [-0.2, -0.15) is 0 Å². The van der Waals surface area contributed by atoms with Gasteiger partial charge in [0.05, 0.1) is 6.54 Å². The number of nitrogens with zero attached hydrogens (tertiary/aromatic N) is 3. The second-order valence-electron chi connectivity index (χ2n) is 6.17. The Morgan fingerprint density at radius 3 is 2.79 bits per heavy atom. The molecule has 0 unspecified atom stereocenters. The molecule has 0 radical (unpaired) electrons. The summed E-state index contributed by atoms with van der Waals surface area (Å²) in [5.74, 6) is 1.16. The summed E-state index contributed by atoms with van der Waals surface area (Å²) in [5.41, 5.74) is 4.86. The summed E-state index contributed by atoms with van der Waals surface area (Å²) in [4.78, 5) is 2.32. The molecule has 3 aromatic rings. The first kappa shape index (κ1) is 15.2. The normalized spacial score (nSPS) is 13.8. The molecule has 0 bridgehead atoms. The zero-order valence-electron chi connectivity index (χ0n) is 13.5. The Morgan fingerprint density at radius 1 is 1.12 bits per heavy atom. The molecule has 0 aliphatic carbocycles. The predicted molar refractivity (Wildman–Crippen MR) is 95.3 cm³/mol. The number of benzene rings is 2. The van der Waals surface area contributed by atoms with Gasteiger partial charge in [-0.3, -0.25) is 0 Å². The fraction of sp³-hybridized carbons (Fsp3) is 0.263. The standard InChI is InChI=1S/C19H18ClN3O/c1-13-4-9-17-15(11-13)3-2-10-23(17)12-18-21-22-19(24-18)14-5-7-16(20)8-6-14/h4-9,11H,2-3,10,12H2,1H3. The minimum Gasteiger partial charge on any atom is -0.419 e. The number of halogens is 1. The maximum absolute atomic E-state index is 5.92. The molecule has 1 aromatic heterocycles. The minimum atomic E-state index is 0.530. The molecule has 0 saturated heterocycles. The lowest BCUT2D eigenvalue weighted by Gasteiger charge is -2.30. The number of anilines is 1. The fourth-order valence-corrected chi connectivity index (χ4v) is 3.28. The van der Waals surface area contributed by atoms with E-state index in [1.54, 1.807) is 0 Å². The van der Waals surface area contributed by atoms with Gasteiger partial charge in [0.1, 0.15) is 0 Å². The molecule has 0 saturated carbocycles. The zero-order valence-corrected chi connectivity index (χ0v) is 14.3. The van der Waals surface area contributed by atoms with E-state index in [2.05, 4.69) is 40.2 Å². The van der Waals surface area contributed by atoms with Crippen molar-refractivity contribution in [2.45, 2.75) is 26.3 Å². The van der Waals surface area contributed by atoms with Crippen molar-refractivity contribution < 1.29 is 4.42 Å². The highest BCUT2D eigenvalue weighted by Crippen LogP contribution is 2.29. The van der Waals surface area contributed by atoms with Crippen molar-refractivity contribution in [1.29, 1.82) is 0 Å². The van der Waals surface area contributed by atoms with Gasteiger partial charge in [0.25, 0.3) is 0 Å². The molecule has 0 spiro atoms. The van der Waals surface area contributed by atoms with Gasteiger partial charge in [0.15, 0.2) is 0 Å². The van der Waals surface area contributed by atoms with Gasteiger partial charge in [-0.05, 0) is 55.7 Å². The largest absolute Gasteiger partial charge is 0.419 e. The van der Waals surface area contributed by atoms with E-state index in [1.165, 1.54) is 16.8 Å². The molecule has 0 atom stereocenters. The minimum absolute atomic E-state index is 0.530. The van der Waals surface area contributed by atoms with Crippen LogP contribution in [0.3, 0.4) is 0 Å². The molecule has 122 valence electrons. The average Bonchev–Trinajstić information content (AvgIpc) is 3.04. The van der Waals surface area contributed by atoms with Crippen molar-refractivity contribution in [3.63, 3.8) is 0 Å². The SMILES string of the molecule is Cc1ccc2c(c1)CCCN2Cc1nnc(-c2ccc(Cl)cc2)o1. The van der Waals surface area contributed by atoms with Crippen LogP contribution in [-0.2, 0) is 13.0 Å². The maximum atomic E-state index is 5.92. The molecule has 24 heavy (non-hydrogen) atoms. The summed E-state index contributed by atoms with van der Waals surface area (Å²) in [6.45, 7) is 3.78.